The Labute approximate surface area is 188 Å². The molecule has 0 aliphatic carbocycles. The van der Waals surface area contributed by atoms with Crippen molar-refractivity contribution in [3.8, 4) is 0 Å². The topological polar surface area (TPSA) is 100.0 Å². The number of rotatable bonds is 10. The summed E-state index contributed by atoms with van der Waals surface area (Å²) < 4.78 is 4.96. The van der Waals surface area contributed by atoms with Crippen molar-refractivity contribution >= 4 is 23.0 Å². The van der Waals surface area contributed by atoms with Gasteiger partial charge in [-0.3, -0.25) is 19.8 Å². The van der Waals surface area contributed by atoms with Gasteiger partial charge in [0.1, 0.15) is 5.69 Å². The molecule has 0 spiro atoms. The molecule has 2 N–H and O–H groups in total. The van der Waals surface area contributed by atoms with Crippen molar-refractivity contribution in [3.05, 3.63) is 64.2 Å². The maximum atomic E-state index is 12.6. The molecule has 0 saturated carbocycles. The molecule has 1 amide bonds. The fourth-order valence-electron chi connectivity index (χ4n) is 3.79. The van der Waals surface area contributed by atoms with Crippen LogP contribution in [0.4, 0.5) is 17.1 Å². The van der Waals surface area contributed by atoms with Crippen LogP contribution in [0.15, 0.2) is 48.5 Å². The number of nitro benzene ring substituents is 1. The maximum Gasteiger partial charge on any atom is 0.293 e. The molecule has 3 rings (SSSR count). The van der Waals surface area contributed by atoms with Crippen LogP contribution in [0.3, 0.4) is 0 Å². The number of piperazine rings is 1. The number of ether oxygens (including phenoxy) is 1. The lowest BCUT2D eigenvalue weighted by Crippen LogP contribution is -2.52. The minimum atomic E-state index is -0.485. The van der Waals surface area contributed by atoms with Gasteiger partial charge in [-0.1, -0.05) is 18.2 Å². The Kier molecular flexibility index (Phi) is 8.41. The van der Waals surface area contributed by atoms with Gasteiger partial charge in [-0.25, -0.2) is 0 Å². The molecule has 1 aliphatic heterocycles. The Bertz CT molecular complexity index is 901. The Hall–Kier alpha value is -3.17. The quantitative estimate of drug-likeness (QED) is 0.332. The molecule has 1 saturated heterocycles. The molecule has 1 aliphatic rings. The van der Waals surface area contributed by atoms with Gasteiger partial charge in [0.15, 0.2) is 0 Å². The number of hydrogen-bond acceptors (Lipinski definition) is 7. The number of anilines is 2. The average molecular weight is 442 g/mol. The molecule has 0 radical (unpaired) electrons. The van der Waals surface area contributed by atoms with Crippen LogP contribution in [0.25, 0.3) is 0 Å². The Morgan fingerprint density at radius 3 is 2.53 bits per heavy atom. The monoisotopic (exact) mass is 441 g/mol. The van der Waals surface area contributed by atoms with E-state index in [1.807, 2.05) is 18.2 Å². The number of benzene rings is 2. The summed E-state index contributed by atoms with van der Waals surface area (Å²) in [6.45, 7) is 7.14. The molecule has 172 valence electrons. The van der Waals surface area contributed by atoms with Crippen molar-refractivity contribution in [2.45, 2.75) is 13.0 Å². The molecular weight excluding hydrogens is 410 g/mol. The molecule has 1 atom stereocenters. The average Bonchev–Trinajstić information content (AvgIpc) is 2.83. The van der Waals surface area contributed by atoms with Gasteiger partial charge in [0.05, 0.1) is 11.5 Å². The van der Waals surface area contributed by atoms with Gasteiger partial charge in [0.2, 0.25) is 0 Å². The lowest BCUT2D eigenvalue weighted by Gasteiger charge is -2.39. The van der Waals surface area contributed by atoms with E-state index in [1.54, 1.807) is 19.2 Å². The molecule has 1 heterocycles. The van der Waals surface area contributed by atoms with Crippen LogP contribution >= 0.6 is 0 Å². The minimum absolute atomic E-state index is 0.126. The van der Waals surface area contributed by atoms with Crippen LogP contribution in [0.1, 0.15) is 17.3 Å². The van der Waals surface area contributed by atoms with E-state index >= 15 is 0 Å². The van der Waals surface area contributed by atoms with Crippen molar-refractivity contribution in [3.63, 3.8) is 0 Å². The highest BCUT2D eigenvalue weighted by Gasteiger charge is 2.22. The number of carbonyl (C=O) groups is 1. The van der Waals surface area contributed by atoms with Crippen molar-refractivity contribution in [1.29, 1.82) is 0 Å². The maximum absolute atomic E-state index is 12.6. The highest BCUT2D eigenvalue weighted by atomic mass is 16.6. The first-order valence-corrected chi connectivity index (χ1v) is 10.8. The Morgan fingerprint density at radius 2 is 1.88 bits per heavy atom. The van der Waals surface area contributed by atoms with Crippen molar-refractivity contribution in [2.75, 3.05) is 63.2 Å². The normalized spacial score (nSPS) is 15.2. The SMILES string of the molecule is COCCNc1ccc(C(=O)NCC(C)N2CCN(c3ccccc3)CC2)cc1[N+](=O)[O-]. The van der Waals surface area contributed by atoms with Crippen LogP contribution in [0.5, 0.6) is 0 Å². The number of amides is 1. The minimum Gasteiger partial charge on any atom is -0.383 e. The molecule has 9 nitrogen and oxygen atoms in total. The fourth-order valence-corrected chi connectivity index (χ4v) is 3.79. The van der Waals surface area contributed by atoms with Crippen LogP contribution in [-0.2, 0) is 4.74 Å². The number of nitrogens with one attached hydrogen (secondary N) is 2. The van der Waals surface area contributed by atoms with E-state index in [-0.39, 0.29) is 23.2 Å². The van der Waals surface area contributed by atoms with Crippen molar-refractivity contribution in [1.82, 2.24) is 10.2 Å². The van der Waals surface area contributed by atoms with E-state index in [0.29, 0.717) is 25.4 Å². The molecule has 1 unspecified atom stereocenters. The van der Waals surface area contributed by atoms with Crippen molar-refractivity contribution < 1.29 is 14.5 Å². The molecule has 2 aromatic carbocycles. The third-order valence-corrected chi connectivity index (χ3v) is 5.70. The fraction of sp³-hybridized carbons (Fsp3) is 0.435. The van der Waals surface area contributed by atoms with E-state index in [1.165, 1.54) is 11.8 Å². The predicted molar refractivity (Wildman–Crippen MR) is 125 cm³/mol. The van der Waals surface area contributed by atoms with Gasteiger partial charge in [0.25, 0.3) is 11.6 Å². The summed E-state index contributed by atoms with van der Waals surface area (Å²) >= 11 is 0. The van der Waals surface area contributed by atoms with E-state index < -0.39 is 4.92 Å². The van der Waals surface area contributed by atoms with Gasteiger partial charge in [-0.05, 0) is 31.2 Å². The third-order valence-electron chi connectivity index (χ3n) is 5.70. The summed E-state index contributed by atoms with van der Waals surface area (Å²) in [5.74, 6) is -0.314. The number of methoxy groups -OCH3 is 1. The summed E-state index contributed by atoms with van der Waals surface area (Å²) in [5, 5.41) is 17.3. The molecule has 9 heteroatoms. The van der Waals surface area contributed by atoms with Gasteiger partial charge in [-0.2, -0.15) is 0 Å². The zero-order valence-corrected chi connectivity index (χ0v) is 18.6. The highest BCUT2D eigenvalue weighted by molar-refractivity contribution is 5.95. The van der Waals surface area contributed by atoms with Gasteiger partial charge in [0, 0.05) is 69.7 Å². The molecule has 0 aromatic heterocycles. The molecule has 0 bridgehead atoms. The second kappa shape index (κ2) is 11.4. The summed E-state index contributed by atoms with van der Waals surface area (Å²) in [7, 11) is 1.56. The largest absolute Gasteiger partial charge is 0.383 e. The van der Waals surface area contributed by atoms with Crippen LogP contribution in [-0.4, -0.2) is 74.8 Å². The van der Waals surface area contributed by atoms with Gasteiger partial charge >= 0.3 is 0 Å². The Morgan fingerprint density at radius 1 is 1.16 bits per heavy atom. The first-order valence-electron chi connectivity index (χ1n) is 10.8. The van der Waals surface area contributed by atoms with E-state index in [2.05, 4.69) is 39.5 Å². The summed E-state index contributed by atoms with van der Waals surface area (Å²) in [6.07, 6.45) is 0. The zero-order chi connectivity index (χ0) is 22.9. The number of nitrogens with zero attached hydrogens (tertiary/aromatic N) is 3. The smallest absolute Gasteiger partial charge is 0.293 e. The second-order valence-corrected chi connectivity index (χ2v) is 7.83. The third kappa shape index (κ3) is 6.18. The van der Waals surface area contributed by atoms with Crippen LogP contribution < -0.4 is 15.5 Å². The number of nitro groups is 1. The molecular formula is C23H31N5O4. The number of para-hydroxylation sites is 1. The Balaban J connectivity index is 1.51. The zero-order valence-electron chi connectivity index (χ0n) is 18.6. The summed E-state index contributed by atoms with van der Waals surface area (Å²) in [5.41, 5.74) is 1.75. The second-order valence-electron chi connectivity index (χ2n) is 7.83. The van der Waals surface area contributed by atoms with Gasteiger partial charge < -0.3 is 20.3 Å². The lowest BCUT2D eigenvalue weighted by atomic mass is 10.1. The number of hydrogen-bond donors (Lipinski definition) is 2. The van der Waals surface area contributed by atoms with E-state index in [0.717, 1.165) is 26.2 Å². The van der Waals surface area contributed by atoms with Crippen molar-refractivity contribution in [2.24, 2.45) is 0 Å². The molecule has 1 fully saturated rings. The first-order chi connectivity index (χ1) is 15.5. The lowest BCUT2D eigenvalue weighted by molar-refractivity contribution is -0.384. The first kappa shape index (κ1) is 23.5. The standard InChI is InChI=1S/C23H31N5O4/c1-18(26-11-13-27(14-12-26)20-6-4-3-5-7-20)17-25-23(29)19-8-9-21(24-10-15-32-2)22(16-19)28(30)31/h3-9,16,18,24H,10-15,17H2,1-2H3,(H,25,29). The van der Waals surface area contributed by atoms with Gasteiger partial charge in [-0.15, -0.1) is 0 Å². The summed E-state index contributed by atoms with van der Waals surface area (Å²) in [6, 6.07) is 15.0. The predicted octanol–water partition coefficient (Wildman–Crippen LogP) is 2.59. The molecule has 32 heavy (non-hydrogen) atoms. The number of carbonyl (C=O) groups excluding carboxylic acids is 1. The van der Waals surface area contributed by atoms with E-state index in [9.17, 15) is 14.9 Å². The van der Waals surface area contributed by atoms with Crippen LogP contribution in [0, 0.1) is 10.1 Å². The summed E-state index contributed by atoms with van der Waals surface area (Å²) in [4.78, 5) is 28.3. The van der Waals surface area contributed by atoms with Crippen LogP contribution in [0.2, 0.25) is 0 Å². The van der Waals surface area contributed by atoms with E-state index in [4.69, 9.17) is 4.74 Å². The molecule has 2 aromatic rings. The highest BCUT2D eigenvalue weighted by Crippen LogP contribution is 2.25.